The second-order valence-corrected chi connectivity index (χ2v) is 6.47. The maximum absolute atomic E-state index is 12.5. The van der Waals surface area contributed by atoms with Gasteiger partial charge in [-0.25, -0.2) is 4.79 Å². The molecule has 2 aromatic rings. The number of aliphatic hydroxyl groups is 1. The van der Waals surface area contributed by atoms with Gasteiger partial charge in [-0.2, -0.15) is 0 Å². The second kappa shape index (κ2) is 7.47. The van der Waals surface area contributed by atoms with Crippen LogP contribution in [0, 0.1) is 6.92 Å². The number of aromatic nitrogens is 2. The maximum atomic E-state index is 12.5. The van der Waals surface area contributed by atoms with E-state index >= 15 is 0 Å². The molecule has 9 heteroatoms. The first kappa shape index (κ1) is 19.0. The van der Waals surface area contributed by atoms with Crippen LogP contribution in [-0.4, -0.2) is 45.8 Å². The molecule has 3 rings (SSSR count). The summed E-state index contributed by atoms with van der Waals surface area (Å²) in [6.07, 6.45) is -1.67. The van der Waals surface area contributed by atoms with E-state index in [2.05, 4.69) is 4.98 Å². The Kier molecular flexibility index (Phi) is 5.26. The average Bonchev–Trinajstić information content (AvgIpc) is 3.05. The molecule has 1 saturated heterocycles. The van der Waals surface area contributed by atoms with Crippen LogP contribution in [0.5, 0.6) is 5.75 Å². The highest BCUT2D eigenvalue weighted by atomic mass is 16.5. The third-order valence-corrected chi connectivity index (χ3v) is 4.62. The number of H-pyrrole nitrogens is 1. The minimum Gasteiger partial charge on any atom is -0.497 e. The van der Waals surface area contributed by atoms with Crippen molar-refractivity contribution in [2.75, 3.05) is 7.11 Å². The van der Waals surface area contributed by atoms with Crippen molar-refractivity contribution in [2.45, 2.75) is 37.8 Å². The minimum absolute atomic E-state index is 0.211. The van der Waals surface area contributed by atoms with Crippen LogP contribution in [0.4, 0.5) is 0 Å². The summed E-state index contributed by atoms with van der Waals surface area (Å²) in [5.41, 5.74) is 5.55. The van der Waals surface area contributed by atoms with Crippen LogP contribution in [0.1, 0.15) is 28.6 Å². The van der Waals surface area contributed by atoms with Crippen molar-refractivity contribution in [1.82, 2.24) is 9.55 Å². The number of ether oxygens (including phenoxy) is 2. The first-order valence-electron chi connectivity index (χ1n) is 8.41. The molecule has 0 radical (unpaired) electrons. The van der Waals surface area contributed by atoms with Gasteiger partial charge < -0.3 is 20.3 Å². The second-order valence-electron chi connectivity index (χ2n) is 6.47. The summed E-state index contributed by atoms with van der Waals surface area (Å²) in [5, 5.41) is 10.5. The van der Waals surface area contributed by atoms with Gasteiger partial charge in [0.05, 0.1) is 7.11 Å². The molecule has 144 valence electrons. The fourth-order valence-electron chi connectivity index (χ4n) is 3.07. The quantitative estimate of drug-likeness (QED) is 0.611. The van der Waals surface area contributed by atoms with Gasteiger partial charge in [0.2, 0.25) is 0 Å². The van der Waals surface area contributed by atoms with Gasteiger partial charge in [0.15, 0.2) is 5.78 Å². The average molecular weight is 375 g/mol. The summed E-state index contributed by atoms with van der Waals surface area (Å²) in [5.74, 6) is 0.0477. The van der Waals surface area contributed by atoms with Crippen molar-refractivity contribution in [3.05, 3.63) is 62.4 Å². The Hall–Kier alpha value is -2.75. The number of Topliss-reactive ketones (excluding diaryl/α,β-unsaturated/α-hetero) is 1. The molecule has 1 aromatic heterocycles. The SMILES string of the molecule is COc1ccc(C(=O)C(O)[C@H]2O[C@@H](n3cc(C)c(=O)[nH]c3=O)C[C@@H]2N)cc1. The molecular formula is C18H21N3O6. The van der Waals surface area contributed by atoms with E-state index in [4.69, 9.17) is 15.2 Å². The lowest BCUT2D eigenvalue weighted by molar-refractivity contribution is -0.0529. The zero-order chi connectivity index (χ0) is 19.7. The predicted molar refractivity (Wildman–Crippen MR) is 95.9 cm³/mol. The number of hydrogen-bond donors (Lipinski definition) is 3. The number of benzene rings is 1. The predicted octanol–water partition coefficient (Wildman–Crippen LogP) is -0.288. The first-order valence-corrected chi connectivity index (χ1v) is 8.41. The number of nitrogens with one attached hydrogen (secondary N) is 1. The molecule has 1 fully saturated rings. The third-order valence-electron chi connectivity index (χ3n) is 4.62. The van der Waals surface area contributed by atoms with E-state index in [9.17, 15) is 19.5 Å². The van der Waals surface area contributed by atoms with Crippen molar-refractivity contribution in [2.24, 2.45) is 5.73 Å². The van der Waals surface area contributed by atoms with Crippen LogP contribution < -0.4 is 21.7 Å². The number of nitrogens with two attached hydrogens (primary N) is 1. The standard InChI is InChI=1S/C18H21N3O6/c1-9-8-21(18(25)20-17(9)24)13-7-12(19)16(27-13)15(23)14(22)10-3-5-11(26-2)6-4-10/h3-6,8,12-13,15-16,23H,7,19H2,1-2H3,(H,20,24,25)/t12-,13+,15?,16-/m0/s1. The lowest BCUT2D eigenvalue weighted by Gasteiger charge is -2.21. The maximum Gasteiger partial charge on any atom is 0.330 e. The highest BCUT2D eigenvalue weighted by Gasteiger charge is 2.41. The number of methoxy groups -OCH3 is 1. The Bertz CT molecular complexity index is 949. The topological polar surface area (TPSA) is 137 Å². The molecule has 0 spiro atoms. The van der Waals surface area contributed by atoms with Crippen molar-refractivity contribution in [1.29, 1.82) is 0 Å². The number of aryl methyl sites for hydroxylation is 1. The molecule has 2 heterocycles. The molecule has 1 unspecified atom stereocenters. The number of aliphatic hydroxyl groups excluding tert-OH is 1. The fraction of sp³-hybridized carbons (Fsp3) is 0.389. The molecule has 1 aliphatic rings. The third kappa shape index (κ3) is 3.70. The zero-order valence-corrected chi connectivity index (χ0v) is 14.9. The number of aromatic amines is 1. The van der Waals surface area contributed by atoms with E-state index in [1.54, 1.807) is 19.1 Å². The number of carbonyl (C=O) groups excluding carboxylic acids is 1. The minimum atomic E-state index is -1.49. The Labute approximate surface area is 154 Å². The van der Waals surface area contributed by atoms with Crippen molar-refractivity contribution < 1.29 is 19.4 Å². The van der Waals surface area contributed by atoms with Gasteiger partial charge in [0, 0.05) is 29.8 Å². The van der Waals surface area contributed by atoms with E-state index in [0.29, 0.717) is 16.9 Å². The molecule has 4 atom stereocenters. The van der Waals surface area contributed by atoms with Gasteiger partial charge in [0.25, 0.3) is 5.56 Å². The molecule has 0 amide bonds. The highest BCUT2D eigenvalue weighted by molar-refractivity contribution is 5.99. The largest absolute Gasteiger partial charge is 0.497 e. The Morgan fingerprint density at radius 3 is 2.67 bits per heavy atom. The number of ketones is 1. The monoisotopic (exact) mass is 375 g/mol. The molecule has 27 heavy (non-hydrogen) atoms. The number of nitrogens with zero attached hydrogens (tertiary/aromatic N) is 1. The summed E-state index contributed by atoms with van der Waals surface area (Å²) < 4.78 is 12.0. The van der Waals surface area contributed by atoms with Crippen LogP contribution >= 0.6 is 0 Å². The molecule has 0 bridgehead atoms. The molecule has 1 aliphatic heterocycles. The van der Waals surface area contributed by atoms with Gasteiger partial charge in [-0.05, 0) is 31.2 Å². The normalized spacial score (nSPS) is 23.2. The summed E-state index contributed by atoms with van der Waals surface area (Å²) in [6, 6.07) is 5.64. The zero-order valence-electron chi connectivity index (χ0n) is 14.9. The molecule has 0 aliphatic carbocycles. The van der Waals surface area contributed by atoms with Crippen LogP contribution in [0.15, 0.2) is 40.1 Å². The lowest BCUT2D eigenvalue weighted by Crippen LogP contribution is -2.44. The first-order chi connectivity index (χ1) is 12.8. The lowest BCUT2D eigenvalue weighted by atomic mass is 9.98. The summed E-state index contributed by atoms with van der Waals surface area (Å²) in [4.78, 5) is 38.3. The van der Waals surface area contributed by atoms with Crippen molar-refractivity contribution in [3.63, 3.8) is 0 Å². The van der Waals surface area contributed by atoms with E-state index in [1.807, 2.05) is 0 Å². The molecule has 9 nitrogen and oxygen atoms in total. The van der Waals surface area contributed by atoms with Crippen LogP contribution in [-0.2, 0) is 4.74 Å². The smallest absolute Gasteiger partial charge is 0.330 e. The van der Waals surface area contributed by atoms with Gasteiger partial charge >= 0.3 is 5.69 Å². The van der Waals surface area contributed by atoms with E-state index < -0.39 is 41.5 Å². The highest BCUT2D eigenvalue weighted by Crippen LogP contribution is 2.29. The van der Waals surface area contributed by atoms with E-state index in [-0.39, 0.29) is 6.42 Å². The fourth-order valence-corrected chi connectivity index (χ4v) is 3.07. The summed E-state index contributed by atoms with van der Waals surface area (Å²) in [7, 11) is 1.51. The van der Waals surface area contributed by atoms with Gasteiger partial charge in [-0.15, -0.1) is 0 Å². The number of rotatable bonds is 5. The van der Waals surface area contributed by atoms with Crippen LogP contribution in [0.2, 0.25) is 0 Å². The molecule has 1 aromatic carbocycles. The Balaban J connectivity index is 1.79. The summed E-state index contributed by atoms with van der Waals surface area (Å²) >= 11 is 0. The van der Waals surface area contributed by atoms with Gasteiger partial charge in [-0.1, -0.05) is 0 Å². The summed E-state index contributed by atoms with van der Waals surface area (Å²) in [6.45, 7) is 1.56. The molecule has 4 N–H and O–H groups in total. The molecule has 0 saturated carbocycles. The van der Waals surface area contributed by atoms with E-state index in [1.165, 1.54) is 30.0 Å². The van der Waals surface area contributed by atoms with E-state index in [0.717, 1.165) is 0 Å². The van der Waals surface area contributed by atoms with Gasteiger partial charge in [0.1, 0.15) is 24.2 Å². The van der Waals surface area contributed by atoms with Gasteiger partial charge in [-0.3, -0.25) is 19.1 Å². The number of hydrogen-bond acceptors (Lipinski definition) is 7. The number of carbonyl (C=O) groups is 1. The van der Waals surface area contributed by atoms with Crippen LogP contribution in [0.25, 0.3) is 0 Å². The Morgan fingerprint density at radius 1 is 1.37 bits per heavy atom. The molecular weight excluding hydrogens is 354 g/mol. The van der Waals surface area contributed by atoms with Crippen molar-refractivity contribution >= 4 is 5.78 Å². The Morgan fingerprint density at radius 2 is 2.04 bits per heavy atom. The van der Waals surface area contributed by atoms with Crippen molar-refractivity contribution in [3.8, 4) is 5.75 Å². The van der Waals surface area contributed by atoms with Crippen LogP contribution in [0.3, 0.4) is 0 Å².